The van der Waals surface area contributed by atoms with Crippen molar-refractivity contribution in [3.05, 3.63) is 38.1 Å². The number of carboxylic acids is 1. The van der Waals surface area contributed by atoms with Gasteiger partial charge in [-0.15, -0.1) is 0 Å². The Bertz CT molecular complexity index is 621. The van der Waals surface area contributed by atoms with Gasteiger partial charge >= 0.3 is 5.97 Å². The van der Waals surface area contributed by atoms with E-state index in [-0.39, 0.29) is 29.0 Å². The second-order valence-electron chi connectivity index (χ2n) is 4.78. The van der Waals surface area contributed by atoms with E-state index in [1.807, 2.05) is 0 Å². The summed E-state index contributed by atoms with van der Waals surface area (Å²) in [7, 11) is 0. The van der Waals surface area contributed by atoms with Crippen molar-refractivity contribution >= 4 is 33.5 Å². The molecule has 1 rings (SSSR count). The Morgan fingerprint density at radius 3 is 2.50 bits per heavy atom. The molecular weight excluding hydrogens is 363 g/mol. The van der Waals surface area contributed by atoms with Crippen molar-refractivity contribution in [3.8, 4) is 0 Å². The third-order valence-corrected chi connectivity index (χ3v) is 3.73. The summed E-state index contributed by atoms with van der Waals surface area (Å²) in [6.45, 7) is 3.26. The van der Waals surface area contributed by atoms with Gasteiger partial charge < -0.3 is 10.0 Å². The molecule has 1 N–H and O–H groups in total. The lowest BCUT2D eigenvalue weighted by Gasteiger charge is -2.26. The van der Waals surface area contributed by atoms with E-state index < -0.39 is 28.3 Å². The average Bonchev–Trinajstić information content (AvgIpc) is 2.39. The lowest BCUT2D eigenvalue weighted by Crippen LogP contribution is -2.38. The molecule has 0 aliphatic carbocycles. The Labute approximate surface area is 134 Å². The van der Waals surface area contributed by atoms with Gasteiger partial charge in [0.25, 0.3) is 11.6 Å². The Morgan fingerprint density at radius 2 is 2.05 bits per heavy atom. The molecule has 7 nitrogen and oxygen atoms in total. The Kier molecular flexibility index (Phi) is 5.98. The molecule has 0 aliphatic rings. The number of rotatable bonds is 6. The fraction of sp³-hybridized carbons (Fsp3) is 0.385. The number of halogens is 2. The molecule has 1 amide bonds. The normalized spacial score (nSPS) is 10.6. The maximum atomic E-state index is 13.5. The van der Waals surface area contributed by atoms with E-state index in [0.717, 1.165) is 6.07 Å². The average molecular weight is 377 g/mol. The van der Waals surface area contributed by atoms with Crippen molar-refractivity contribution in [2.24, 2.45) is 0 Å². The first-order valence-corrected chi connectivity index (χ1v) is 7.10. The van der Waals surface area contributed by atoms with Gasteiger partial charge in [0.15, 0.2) is 0 Å². The van der Waals surface area contributed by atoms with Gasteiger partial charge in [0.05, 0.1) is 23.0 Å². The predicted octanol–water partition coefficient (Wildman–Crippen LogP) is 2.82. The maximum Gasteiger partial charge on any atom is 0.305 e. The van der Waals surface area contributed by atoms with E-state index in [1.54, 1.807) is 13.8 Å². The van der Waals surface area contributed by atoms with Crippen molar-refractivity contribution in [3.63, 3.8) is 0 Å². The Morgan fingerprint density at radius 1 is 1.45 bits per heavy atom. The van der Waals surface area contributed by atoms with Gasteiger partial charge in [0.2, 0.25) is 0 Å². The van der Waals surface area contributed by atoms with E-state index >= 15 is 0 Å². The van der Waals surface area contributed by atoms with Crippen LogP contribution in [0.1, 0.15) is 30.6 Å². The molecule has 0 aliphatic heterocycles. The smallest absolute Gasteiger partial charge is 0.305 e. The van der Waals surface area contributed by atoms with Gasteiger partial charge in [-0.25, -0.2) is 4.39 Å². The highest BCUT2D eigenvalue weighted by atomic mass is 79.9. The second-order valence-corrected chi connectivity index (χ2v) is 5.57. The van der Waals surface area contributed by atoms with E-state index in [9.17, 15) is 24.1 Å². The minimum Gasteiger partial charge on any atom is -0.481 e. The van der Waals surface area contributed by atoms with E-state index in [1.165, 1.54) is 4.90 Å². The number of nitro groups is 1. The van der Waals surface area contributed by atoms with Crippen molar-refractivity contribution in [1.29, 1.82) is 0 Å². The summed E-state index contributed by atoms with van der Waals surface area (Å²) in [5, 5.41) is 19.6. The topological polar surface area (TPSA) is 101 Å². The Hall–Kier alpha value is -2.03. The highest BCUT2D eigenvalue weighted by Gasteiger charge is 2.27. The number of benzene rings is 1. The Balaban J connectivity index is 3.24. The number of carboxylic acid groups (broad SMARTS) is 1. The summed E-state index contributed by atoms with van der Waals surface area (Å²) in [6.07, 6.45) is -0.279. The van der Waals surface area contributed by atoms with Crippen LogP contribution < -0.4 is 0 Å². The molecule has 0 unspecified atom stereocenters. The molecule has 22 heavy (non-hydrogen) atoms. The molecule has 9 heteroatoms. The van der Waals surface area contributed by atoms with Gasteiger partial charge in [-0.3, -0.25) is 19.7 Å². The van der Waals surface area contributed by atoms with Crippen LogP contribution in [0.5, 0.6) is 0 Å². The third-order valence-electron chi connectivity index (χ3n) is 2.90. The summed E-state index contributed by atoms with van der Waals surface area (Å²) in [5.41, 5.74) is -0.781. The van der Waals surface area contributed by atoms with Crippen LogP contribution >= 0.6 is 15.9 Å². The van der Waals surface area contributed by atoms with E-state index in [4.69, 9.17) is 5.11 Å². The lowest BCUT2D eigenvalue weighted by molar-refractivity contribution is -0.385. The molecule has 0 aromatic heterocycles. The van der Waals surface area contributed by atoms with Crippen molar-refractivity contribution < 1.29 is 24.0 Å². The van der Waals surface area contributed by atoms with E-state index in [2.05, 4.69) is 15.9 Å². The molecule has 1 aromatic carbocycles. The van der Waals surface area contributed by atoms with Gasteiger partial charge in [-0.1, -0.05) is 0 Å². The zero-order valence-electron chi connectivity index (χ0n) is 11.9. The zero-order valence-corrected chi connectivity index (χ0v) is 13.5. The monoisotopic (exact) mass is 376 g/mol. The summed E-state index contributed by atoms with van der Waals surface area (Å²) >= 11 is 2.94. The van der Waals surface area contributed by atoms with Crippen LogP contribution in [0.3, 0.4) is 0 Å². The zero-order chi connectivity index (χ0) is 17.0. The van der Waals surface area contributed by atoms with Crippen LogP contribution in [0.15, 0.2) is 16.6 Å². The molecular formula is C13H14BrFN2O5. The molecule has 0 bridgehead atoms. The highest BCUT2D eigenvalue weighted by molar-refractivity contribution is 9.10. The largest absolute Gasteiger partial charge is 0.481 e. The minimum absolute atomic E-state index is 0.0808. The third kappa shape index (κ3) is 4.23. The maximum absolute atomic E-state index is 13.5. The number of hydrogen-bond acceptors (Lipinski definition) is 4. The first kappa shape index (κ1) is 18.0. The lowest BCUT2D eigenvalue weighted by atomic mass is 10.1. The highest BCUT2D eigenvalue weighted by Crippen LogP contribution is 2.31. The van der Waals surface area contributed by atoms with Crippen molar-refractivity contribution in [2.45, 2.75) is 26.3 Å². The minimum atomic E-state index is -1.08. The van der Waals surface area contributed by atoms with Crippen LogP contribution in [0.4, 0.5) is 10.1 Å². The van der Waals surface area contributed by atoms with Crippen LogP contribution in [-0.2, 0) is 4.79 Å². The van der Waals surface area contributed by atoms with Gasteiger partial charge in [0, 0.05) is 12.6 Å². The summed E-state index contributed by atoms with van der Waals surface area (Å²) < 4.78 is 13.4. The first-order chi connectivity index (χ1) is 10.1. The molecule has 0 saturated carbocycles. The number of nitrogens with zero attached hydrogens (tertiary/aromatic N) is 2. The van der Waals surface area contributed by atoms with Crippen molar-refractivity contribution in [1.82, 2.24) is 4.90 Å². The fourth-order valence-corrected chi connectivity index (χ4v) is 2.37. The summed E-state index contributed by atoms with van der Waals surface area (Å²) in [4.78, 5) is 34.4. The molecule has 0 fully saturated rings. The molecule has 0 saturated heterocycles. The number of aliphatic carboxylic acids is 1. The number of carbonyl (C=O) groups excluding carboxylic acids is 1. The molecule has 0 heterocycles. The van der Waals surface area contributed by atoms with Crippen LogP contribution in [-0.4, -0.2) is 39.4 Å². The van der Waals surface area contributed by atoms with Crippen LogP contribution in [0.25, 0.3) is 0 Å². The summed E-state index contributed by atoms with van der Waals surface area (Å²) in [6, 6.07) is 1.24. The van der Waals surface area contributed by atoms with Gasteiger partial charge in [0.1, 0.15) is 10.3 Å². The first-order valence-electron chi connectivity index (χ1n) is 6.31. The van der Waals surface area contributed by atoms with Crippen molar-refractivity contribution in [2.75, 3.05) is 6.54 Å². The molecule has 0 atom stereocenters. The van der Waals surface area contributed by atoms with Crippen LogP contribution in [0.2, 0.25) is 0 Å². The van der Waals surface area contributed by atoms with E-state index in [0.29, 0.717) is 6.07 Å². The van der Waals surface area contributed by atoms with Gasteiger partial charge in [-0.2, -0.15) is 0 Å². The van der Waals surface area contributed by atoms with Gasteiger partial charge in [-0.05, 0) is 35.8 Å². The fourth-order valence-electron chi connectivity index (χ4n) is 1.83. The van der Waals surface area contributed by atoms with Crippen LogP contribution in [0, 0.1) is 15.9 Å². The quantitative estimate of drug-likeness (QED) is 0.607. The molecule has 1 aromatic rings. The number of hydrogen-bond donors (Lipinski definition) is 1. The second kappa shape index (κ2) is 7.30. The predicted molar refractivity (Wildman–Crippen MR) is 79.2 cm³/mol. The standard InChI is InChI=1S/C13H14BrFN2O5/c1-7(2)16(4-3-11(18)19)13(20)9-5-8(15)6-10(12(9)14)17(21)22/h5-7H,3-4H2,1-2H3,(H,18,19). The molecule has 120 valence electrons. The molecule has 0 spiro atoms. The molecule has 0 radical (unpaired) electrons. The number of nitro benzene ring substituents is 1. The number of amides is 1. The summed E-state index contributed by atoms with van der Waals surface area (Å²) in [5.74, 6) is -2.67. The number of carbonyl (C=O) groups is 2. The SMILES string of the molecule is CC(C)N(CCC(=O)O)C(=O)c1cc(F)cc([N+](=O)[O-])c1Br.